The van der Waals surface area contributed by atoms with Crippen molar-refractivity contribution in [3.05, 3.63) is 0 Å². The van der Waals surface area contributed by atoms with Gasteiger partial charge in [-0.15, -0.1) is 11.8 Å². The van der Waals surface area contributed by atoms with Crippen molar-refractivity contribution in [1.82, 2.24) is 15.1 Å². The molecule has 3 amide bonds. The van der Waals surface area contributed by atoms with Crippen molar-refractivity contribution in [2.45, 2.75) is 31.2 Å². The van der Waals surface area contributed by atoms with Gasteiger partial charge in [0.05, 0.1) is 11.9 Å². The topological polar surface area (TPSA) is 90.0 Å². The number of aliphatic carboxylic acids is 1. The number of carboxylic acid groups (broad SMARTS) is 1. The molecule has 0 aromatic rings. The number of hydrogen-bond acceptors (Lipinski definition) is 4. The predicted molar refractivity (Wildman–Crippen MR) is 78.9 cm³/mol. The maximum atomic E-state index is 12.3. The monoisotopic (exact) mass is 315 g/mol. The minimum absolute atomic E-state index is 0.0786. The Balaban J connectivity index is 1.97. The first kappa shape index (κ1) is 15.9. The second-order valence-electron chi connectivity index (χ2n) is 5.39. The highest BCUT2D eigenvalue weighted by molar-refractivity contribution is 8.00. The van der Waals surface area contributed by atoms with E-state index in [2.05, 4.69) is 5.32 Å². The summed E-state index contributed by atoms with van der Waals surface area (Å²) in [5.41, 5.74) is 0. The lowest BCUT2D eigenvalue weighted by atomic mass is 10.2. The van der Waals surface area contributed by atoms with Crippen LogP contribution in [0.1, 0.15) is 19.8 Å². The van der Waals surface area contributed by atoms with E-state index in [0.717, 1.165) is 12.8 Å². The fourth-order valence-corrected chi connectivity index (χ4v) is 3.90. The number of nitrogens with zero attached hydrogens (tertiary/aromatic N) is 2. The molecule has 8 heteroatoms. The third kappa shape index (κ3) is 3.61. The number of nitrogens with one attached hydrogen (secondary N) is 1. The number of amides is 3. The molecular formula is C13H21N3O4S. The molecule has 2 unspecified atom stereocenters. The first-order valence-corrected chi connectivity index (χ1v) is 8.15. The summed E-state index contributed by atoms with van der Waals surface area (Å²) in [7, 11) is 1.66. The van der Waals surface area contributed by atoms with Crippen molar-refractivity contribution in [3.8, 4) is 0 Å². The van der Waals surface area contributed by atoms with Crippen molar-refractivity contribution >= 4 is 29.7 Å². The van der Waals surface area contributed by atoms with Crippen LogP contribution >= 0.6 is 11.8 Å². The Hall–Kier alpha value is -1.44. The molecule has 118 valence electrons. The summed E-state index contributed by atoms with van der Waals surface area (Å²) in [5, 5.41) is 11.7. The van der Waals surface area contributed by atoms with Crippen LogP contribution in [0.5, 0.6) is 0 Å². The number of likely N-dealkylation sites (N-methyl/N-ethyl adjacent to an activating group) is 1. The molecule has 1 aliphatic carbocycles. The minimum atomic E-state index is -0.988. The van der Waals surface area contributed by atoms with Crippen LogP contribution in [0.15, 0.2) is 0 Å². The fourth-order valence-electron chi connectivity index (χ4n) is 2.27. The Morgan fingerprint density at radius 2 is 2.05 bits per heavy atom. The summed E-state index contributed by atoms with van der Waals surface area (Å²) in [6.07, 6.45) is 2.07. The van der Waals surface area contributed by atoms with Crippen LogP contribution in [0.4, 0.5) is 4.79 Å². The number of carboxylic acids is 1. The van der Waals surface area contributed by atoms with Gasteiger partial charge in [-0.1, -0.05) is 0 Å². The zero-order valence-electron chi connectivity index (χ0n) is 12.2. The van der Waals surface area contributed by atoms with Crippen LogP contribution in [-0.4, -0.2) is 70.1 Å². The van der Waals surface area contributed by atoms with Crippen molar-refractivity contribution in [2.75, 3.05) is 25.9 Å². The van der Waals surface area contributed by atoms with Gasteiger partial charge < -0.3 is 15.3 Å². The maximum Gasteiger partial charge on any atom is 0.327 e. The summed E-state index contributed by atoms with van der Waals surface area (Å²) < 4.78 is 0. The number of thioether (sulfide) groups is 1. The van der Waals surface area contributed by atoms with Gasteiger partial charge in [0.2, 0.25) is 5.91 Å². The van der Waals surface area contributed by atoms with Crippen LogP contribution in [0, 0.1) is 5.92 Å². The molecule has 2 fully saturated rings. The second kappa shape index (κ2) is 6.55. The molecule has 21 heavy (non-hydrogen) atoms. The van der Waals surface area contributed by atoms with Gasteiger partial charge >= 0.3 is 12.0 Å². The Kier molecular flexibility index (Phi) is 4.97. The molecule has 0 spiro atoms. The maximum absolute atomic E-state index is 12.3. The molecule has 1 saturated heterocycles. The predicted octanol–water partition coefficient (Wildman–Crippen LogP) is 0.412. The van der Waals surface area contributed by atoms with E-state index < -0.39 is 18.0 Å². The highest BCUT2D eigenvalue weighted by Gasteiger charge is 2.48. The molecule has 0 aromatic heterocycles. The smallest absolute Gasteiger partial charge is 0.327 e. The molecular weight excluding hydrogens is 294 g/mol. The summed E-state index contributed by atoms with van der Waals surface area (Å²) in [5.74, 6) is -0.378. The molecule has 0 radical (unpaired) electrons. The van der Waals surface area contributed by atoms with Gasteiger partial charge in [0, 0.05) is 19.3 Å². The molecule has 2 rings (SSSR count). The zero-order valence-corrected chi connectivity index (χ0v) is 13.1. The lowest BCUT2D eigenvalue weighted by Gasteiger charge is -2.27. The molecule has 7 nitrogen and oxygen atoms in total. The highest BCUT2D eigenvalue weighted by Crippen LogP contribution is 2.45. The largest absolute Gasteiger partial charge is 0.480 e. The lowest BCUT2D eigenvalue weighted by Crippen LogP contribution is -2.52. The fraction of sp³-hybridized carbons (Fsp3) is 0.769. The number of rotatable bonds is 5. The standard InChI is InChI=1S/C13H21N3O4S/c1-3-15(2)10(17)6-14-13(20)16-9(12(18)19)7-21-11(16)8-4-5-8/h8-9,11H,3-7H2,1-2H3,(H,14,20)(H,18,19). The van der Waals surface area contributed by atoms with Crippen LogP contribution in [0.25, 0.3) is 0 Å². The molecule has 2 atom stereocenters. The Morgan fingerprint density at radius 1 is 1.38 bits per heavy atom. The summed E-state index contributed by atoms with van der Waals surface area (Å²) in [4.78, 5) is 38.2. The van der Waals surface area contributed by atoms with Crippen molar-refractivity contribution in [2.24, 2.45) is 5.92 Å². The number of carbonyl (C=O) groups is 3. The van der Waals surface area contributed by atoms with Gasteiger partial charge in [0.1, 0.15) is 6.04 Å². The number of hydrogen-bond donors (Lipinski definition) is 2. The number of urea groups is 1. The van der Waals surface area contributed by atoms with Crippen molar-refractivity contribution in [1.29, 1.82) is 0 Å². The van der Waals surface area contributed by atoms with Crippen LogP contribution in [0.2, 0.25) is 0 Å². The summed E-state index contributed by atoms with van der Waals surface area (Å²) in [6, 6.07) is -1.26. The normalized spacial score (nSPS) is 24.8. The zero-order chi connectivity index (χ0) is 15.6. The molecule has 1 saturated carbocycles. The van der Waals surface area contributed by atoms with Crippen molar-refractivity contribution < 1.29 is 19.5 Å². The Morgan fingerprint density at radius 3 is 2.57 bits per heavy atom. The third-order valence-corrected chi connectivity index (χ3v) is 5.33. The van der Waals surface area contributed by atoms with Crippen molar-refractivity contribution in [3.63, 3.8) is 0 Å². The van der Waals surface area contributed by atoms with E-state index in [4.69, 9.17) is 0 Å². The van der Waals surface area contributed by atoms with E-state index in [1.54, 1.807) is 7.05 Å². The Labute approximate surface area is 128 Å². The van der Waals surface area contributed by atoms with Gasteiger partial charge in [0.25, 0.3) is 0 Å². The van der Waals surface area contributed by atoms with Gasteiger partial charge in [-0.3, -0.25) is 9.69 Å². The average molecular weight is 315 g/mol. The van der Waals surface area contributed by atoms with E-state index in [1.807, 2.05) is 6.92 Å². The highest BCUT2D eigenvalue weighted by atomic mass is 32.2. The minimum Gasteiger partial charge on any atom is -0.480 e. The first-order chi connectivity index (χ1) is 9.95. The molecule has 1 aliphatic heterocycles. The van der Waals surface area contributed by atoms with Crippen LogP contribution in [0.3, 0.4) is 0 Å². The van der Waals surface area contributed by atoms with E-state index >= 15 is 0 Å². The lowest BCUT2D eigenvalue weighted by molar-refractivity contribution is -0.141. The molecule has 2 N–H and O–H groups in total. The molecule has 0 aromatic carbocycles. The third-order valence-electron chi connectivity index (χ3n) is 3.87. The van der Waals surface area contributed by atoms with Crippen LogP contribution in [-0.2, 0) is 9.59 Å². The van der Waals surface area contributed by atoms with Gasteiger partial charge in [0.15, 0.2) is 0 Å². The van der Waals surface area contributed by atoms with E-state index in [1.165, 1.54) is 21.6 Å². The van der Waals surface area contributed by atoms with Gasteiger partial charge in [-0.05, 0) is 25.7 Å². The first-order valence-electron chi connectivity index (χ1n) is 7.10. The van der Waals surface area contributed by atoms with Gasteiger partial charge in [-0.2, -0.15) is 0 Å². The molecule has 2 aliphatic rings. The van der Waals surface area contributed by atoms with Gasteiger partial charge in [-0.25, -0.2) is 9.59 Å². The van der Waals surface area contributed by atoms with E-state index in [0.29, 0.717) is 18.2 Å². The Bertz CT molecular complexity index is 441. The molecule has 1 heterocycles. The quantitative estimate of drug-likeness (QED) is 0.767. The van der Waals surface area contributed by atoms with E-state index in [-0.39, 0.29) is 17.8 Å². The summed E-state index contributed by atoms with van der Waals surface area (Å²) in [6.45, 7) is 2.31. The summed E-state index contributed by atoms with van der Waals surface area (Å²) >= 11 is 1.52. The van der Waals surface area contributed by atoms with Crippen LogP contribution < -0.4 is 5.32 Å². The molecule has 0 bridgehead atoms. The SMILES string of the molecule is CCN(C)C(=O)CNC(=O)N1C(C(=O)O)CSC1C1CC1. The second-order valence-corrected chi connectivity index (χ2v) is 6.54. The number of carbonyl (C=O) groups excluding carboxylic acids is 2. The van der Waals surface area contributed by atoms with E-state index in [9.17, 15) is 19.5 Å². The average Bonchev–Trinajstić information content (AvgIpc) is 3.21.